The minimum absolute atomic E-state index is 0. The van der Waals surface area contributed by atoms with Gasteiger partial charge in [0.15, 0.2) is 0 Å². The molecule has 0 atom stereocenters. The van der Waals surface area contributed by atoms with Crippen LogP contribution in [0.4, 0.5) is 0 Å². The van der Waals surface area contributed by atoms with Crippen molar-refractivity contribution in [3.8, 4) is 0 Å². The molecule has 1 rings (SSSR count). The molecule has 0 fully saturated rings. The first-order valence-corrected chi connectivity index (χ1v) is 4.37. The molecule has 81 valence electrons. The number of rotatable bonds is 0. The third-order valence-corrected chi connectivity index (χ3v) is 0.556. The van der Waals surface area contributed by atoms with Crippen LogP contribution < -0.4 is 0 Å². The van der Waals surface area contributed by atoms with Crippen LogP contribution in [0.1, 0.15) is 0 Å². The van der Waals surface area contributed by atoms with E-state index < -0.39 is 0 Å². The Bertz CT molecular complexity index is 159. The Morgan fingerprint density at radius 3 is 1.13 bits per heavy atom. The van der Waals surface area contributed by atoms with Crippen LogP contribution in [0.5, 0.6) is 0 Å². The van der Waals surface area contributed by atoms with Gasteiger partial charge in [-0.3, -0.25) is 6.26 Å². The van der Waals surface area contributed by atoms with E-state index >= 15 is 0 Å². The summed E-state index contributed by atoms with van der Waals surface area (Å²) in [7, 11) is 0. The van der Waals surface area contributed by atoms with E-state index in [1.165, 1.54) is 11.8 Å². The molecule has 0 amide bonds. The third-order valence-electron chi connectivity index (χ3n) is 0.556. The van der Waals surface area contributed by atoms with Gasteiger partial charge in [0.1, 0.15) is 0 Å². The predicted molar refractivity (Wildman–Crippen MR) is 53.2 cm³/mol. The molecule has 3 nitrogen and oxygen atoms in total. The van der Waals surface area contributed by atoms with E-state index in [0.29, 0.717) is 0 Å². The van der Waals surface area contributed by atoms with Crippen LogP contribution in [0.3, 0.4) is 0 Å². The summed E-state index contributed by atoms with van der Waals surface area (Å²) in [6.07, 6.45) is 15.3. The average Bonchev–Trinajstić information content (AvgIpc) is 2.85. The molecule has 0 bridgehead atoms. The van der Waals surface area contributed by atoms with Gasteiger partial charge in [-0.1, -0.05) is 24.3 Å². The van der Waals surface area contributed by atoms with E-state index in [4.69, 9.17) is 14.0 Å². The first-order valence-electron chi connectivity index (χ1n) is 2.98. The minimum atomic E-state index is 0. The molecule has 0 spiro atoms. The van der Waals surface area contributed by atoms with E-state index in [2.05, 4.69) is 26.2 Å². The number of thioether (sulfide) groups is 1. The maximum atomic E-state index is 7.50. The zero-order chi connectivity index (χ0) is 12.2. The Balaban J connectivity index is -0.0000000299. The summed E-state index contributed by atoms with van der Waals surface area (Å²) in [5, 5.41) is 0. The van der Waals surface area contributed by atoms with Crippen LogP contribution in [-0.4, -0.2) is 6.26 Å². The van der Waals surface area contributed by atoms with Crippen molar-refractivity contribution in [2.24, 2.45) is 0 Å². The van der Waals surface area contributed by atoms with E-state index in [9.17, 15) is 0 Å². The number of allylic oxidation sites excluding steroid dienone is 4. The fourth-order valence-electron chi connectivity index (χ4n) is 0.321. The summed E-state index contributed by atoms with van der Waals surface area (Å²) in [5.74, 6) is 0. The van der Waals surface area contributed by atoms with Crippen molar-refractivity contribution in [3.63, 3.8) is 0 Å². The van der Waals surface area contributed by atoms with Crippen molar-refractivity contribution in [2.45, 2.75) is 0 Å². The molecule has 0 heterocycles. The summed E-state index contributed by atoms with van der Waals surface area (Å²) < 4.78 is 22.5. The second-order valence-corrected chi connectivity index (χ2v) is 1.83. The maximum Gasteiger partial charge on any atom is 0.00506 e. The third kappa shape index (κ3) is 84.3. The molecule has 0 unspecified atom stereocenters. The second-order valence-electron chi connectivity index (χ2n) is 1.25. The zero-order valence-electron chi connectivity index (χ0n) is 8.14. The molecule has 15 heavy (non-hydrogen) atoms. The van der Waals surface area contributed by atoms with Crippen molar-refractivity contribution in [3.05, 3.63) is 56.9 Å². The SMILES string of the molecule is [C-]#[O+].[C-]#[O+].[C-]#[O+].[CH2-]SC.[CH]1C=CC=C1.[W]. The molecule has 0 N–H and O–H groups in total. The minimum Gasteiger partial charge on any atom is -0.357 e. The summed E-state index contributed by atoms with van der Waals surface area (Å²) >= 11 is 1.50. The van der Waals surface area contributed by atoms with Gasteiger partial charge in [0.05, 0.1) is 0 Å². The molecule has 5 heteroatoms. The Kier molecular flexibility index (Phi) is 132. The van der Waals surface area contributed by atoms with Crippen molar-refractivity contribution in [1.29, 1.82) is 0 Å². The normalized spacial score (nSPS) is 7.47. The van der Waals surface area contributed by atoms with Crippen LogP contribution >= 0.6 is 11.8 Å². The van der Waals surface area contributed by atoms with E-state index in [0.717, 1.165) is 0 Å². The number of hydrogen-bond donors (Lipinski definition) is 0. The second kappa shape index (κ2) is 67.7. The van der Waals surface area contributed by atoms with E-state index in [1.54, 1.807) is 0 Å². The van der Waals surface area contributed by atoms with Crippen molar-refractivity contribution < 1.29 is 35.0 Å². The topological polar surface area (TPSA) is 59.7 Å². The van der Waals surface area contributed by atoms with Crippen LogP contribution in [0.15, 0.2) is 24.3 Å². The van der Waals surface area contributed by atoms with Gasteiger partial charge in [-0.2, -0.15) is 0 Å². The average molecular weight is 394 g/mol. The molecule has 1 aliphatic carbocycles. The zero-order valence-corrected chi connectivity index (χ0v) is 11.9. The van der Waals surface area contributed by atoms with E-state index in [1.807, 2.05) is 37.0 Å². The van der Waals surface area contributed by atoms with Gasteiger partial charge in [0, 0.05) is 27.5 Å². The summed E-state index contributed by atoms with van der Waals surface area (Å²) in [4.78, 5) is 0. The quantitative estimate of drug-likeness (QED) is 0.460. The Hall–Kier alpha value is -0.262. The maximum absolute atomic E-state index is 7.50. The molecule has 0 aromatic rings. The molecule has 0 aromatic heterocycles. The largest absolute Gasteiger partial charge is 0.357 e. The van der Waals surface area contributed by atoms with Crippen molar-refractivity contribution in [1.82, 2.24) is 0 Å². The Labute approximate surface area is 110 Å². The standard InChI is InChI=1S/C5H5.C2H5S.3CO.W/c1-2-4-5-3-1;1-3-2;3*1-2;/h1-5H;1H2,2H3;;;;/q;-1;;;;. The van der Waals surface area contributed by atoms with Gasteiger partial charge in [-0.25, -0.2) is 0 Å². The summed E-state index contributed by atoms with van der Waals surface area (Å²) in [6.45, 7) is 13.5. The van der Waals surface area contributed by atoms with Crippen molar-refractivity contribution >= 4 is 11.8 Å². The first kappa shape index (κ1) is 29.3. The molecule has 0 saturated carbocycles. The number of hydrogen-bond acceptors (Lipinski definition) is 1. The fourth-order valence-corrected chi connectivity index (χ4v) is 0.321. The Morgan fingerprint density at radius 2 is 1.07 bits per heavy atom. The van der Waals surface area contributed by atoms with Gasteiger partial charge in [-0.05, 0) is 6.26 Å². The smallest absolute Gasteiger partial charge is 0.00506 e. The molecule has 0 aliphatic heterocycles. The van der Waals surface area contributed by atoms with Crippen LogP contribution in [0.25, 0.3) is 0 Å². The molecule has 1 aliphatic rings. The summed E-state index contributed by atoms with van der Waals surface area (Å²) in [5.41, 5.74) is 0. The monoisotopic (exact) mass is 394 g/mol. The van der Waals surface area contributed by atoms with Crippen LogP contribution in [0, 0.1) is 32.6 Å². The Morgan fingerprint density at radius 1 is 0.867 bits per heavy atom. The van der Waals surface area contributed by atoms with Crippen LogP contribution in [-0.2, 0) is 35.0 Å². The van der Waals surface area contributed by atoms with Gasteiger partial charge >= 0.3 is 33.9 Å². The molecular formula is C10H10O3SW-. The first-order chi connectivity index (χ1) is 6.91. The van der Waals surface area contributed by atoms with Crippen LogP contribution in [0.2, 0.25) is 0 Å². The molecule has 1 radical (unpaired) electrons. The predicted octanol–water partition coefficient (Wildman–Crippen LogP) is 2.34. The molecule has 0 saturated heterocycles. The van der Waals surface area contributed by atoms with Gasteiger partial charge in [-0.15, -0.1) is 0 Å². The van der Waals surface area contributed by atoms with Crippen molar-refractivity contribution in [2.75, 3.05) is 6.26 Å². The van der Waals surface area contributed by atoms with Gasteiger partial charge in [0.2, 0.25) is 0 Å². The van der Waals surface area contributed by atoms with Gasteiger partial charge < -0.3 is 11.8 Å². The molecule has 0 aromatic carbocycles. The molecular weight excluding hydrogens is 384 g/mol. The van der Waals surface area contributed by atoms with E-state index in [-0.39, 0.29) is 21.1 Å². The fraction of sp³-hybridized carbons (Fsp3) is 0.100. The van der Waals surface area contributed by atoms with Gasteiger partial charge in [0.25, 0.3) is 0 Å². The summed E-state index contributed by atoms with van der Waals surface area (Å²) in [6, 6.07) is 0.